The van der Waals surface area contributed by atoms with Crippen molar-refractivity contribution in [1.29, 1.82) is 0 Å². The van der Waals surface area contributed by atoms with Gasteiger partial charge in [0.15, 0.2) is 0 Å². The van der Waals surface area contributed by atoms with Crippen molar-refractivity contribution >= 4 is 33.5 Å². The number of carboxylic acid groups (broad SMARTS) is 1. The maximum atomic E-state index is 13.6. The second-order valence-electron chi connectivity index (χ2n) is 4.71. The van der Waals surface area contributed by atoms with Gasteiger partial charge in [-0.15, -0.1) is 0 Å². The Kier molecular flexibility index (Phi) is 5.10. The highest BCUT2D eigenvalue weighted by atomic mass is 79.9. The number of carboxylic acids is 1. The third kappa shape index (κ3) is 3.56. The lowest BCUT2D eigenvalue weighted by atomic mass is 10.1. The number of hydrogen-bond donors (Lipinski definition) is 2. The first-order valence-corrected chi connectivity index (χ1v) is 7.45. The van der Waals surface area contributed by atoms with Gasteiger partial charge < -0.3 is 10.4 Å². The Morgan fingerprint density at radius 3 is 2.35 bits per heavy atom. The van der Waals surface area contributed by atoms with Gasteiger partial charge in [-0.2, -0.15) is 0 Å². The SMILES string of the molecule is CCc1cc(NC(=O)c2c(F)cccc2F)cc(C(=O)O)c1Br. The van der Waals surface area contributed by atoms with Gasteiger partial charge in [-0.1, -0.05) is 13.0 Å². The summed E-state index contributed by atoms with van der Waals surface area (Å²) in [5.41, 5.74) is 0.0308. The highest BCUT2D eigenvalue weighted by Gasteiger charge is 2.19. The van der Waals surface area contributed by atoms with Crippen LogP contribution in [0.15, 0.2) is 34.8 Å². The van der Waals surface area contributed by atoms with Crippen molar-refractivity contribution in [3.8, 4) is 0 Å². The average molecular weight is 384 g/mol. The molecule has 0 aliphatic heterocycles. The minimum absolute atomic E-state index is 0.0475. The number of nitrogens with one attached hydrogen (secondary N) is 1. The Balaban J connectivity index is 2.42. The molecule has 0 radical (unpaired) electrons. The lowest BCUT2D eigenvalue weighted by Gasteiger charge is -2.12. The Hall–Kier alpha value is -2.28. The summed E-state index contributed by atoms with van der Waals surface area (Å²) in [6.07, 6.45) is 0.513. The van der Waals surface area contributed by atoms with Crippen molar-refractivity contribution in [3.05, 3.63) is 63.1 Å². The monoisotopic (exact) mass is 383 g/mol. The Bertz CT molecular complexity index is 773. The molecule has 2 rings (SSSR count). The molecule has 0 unspecified atom stereocenters. The summed E-state index contributed by atoms with van der Waals surface area (Å²) in [4.78, 5) is 23.3. The van der Waals surface area contributed by atoms with Crippen molar-refractivity contribution < 1.29 is 23.5 Å². The summed E-state index contributed by atoms with van der Waals surface area (Å²) in [5.74, 6) is -4.15. The van der Waals surface area contributed by atoms with Gasteiger partial charge in [0.2, 0.25) is 0 Å². The third-order valence-corrected chi connectivity index (χ3v) is 4.14. The first-order valence-electron chi connectivity index (χ1n) is 6.66. The van der Waals surface area contributed by atoms with E-state index in [-0.39, 0.29) is 11.3 Å². The Labute approximate surface area is 139 Å². The van der Waals surface area contributed by atoms with Gasteiger partial charge in [0.1, 0.15) is 17.2 Å². The van der Waals surface area contributed by atoms with Crippen molar-refractivity contribution in [3.63, 3.8) is 0 Å². The zero-order valence-electron chi connectivity index (χ0n) is 12.0. The molecule has 0 heterocycles. The number of amides is 1. The molecule has 0 aliphatic carbocycles. The fraction of sp³-hybridized carbons (Fsp3) is 0.125. The van der Waals surface area contributed by atoms with Gasteiger partial charge >= 0.3 is 5.97 Å². The minimum Gasteiger partial charge on any atom is -0.478 e. The zero-order valence-corrected chi connectivity index (χ0v) is 13.6. The summed E-state index contributed by atoms with van der Waals surface area (Å²) in [5, 5.41) is 11.5. The standard InChI is InChI=1S/C16H12BrF2NO3/c1-2-8-6-9(7-10(14(8)17)16(22)23)20-15(21)13-11(18)4-3-5-12(13)19/h3-7H,2H2,1H3,(H,20,21)(H,22,23). The topological polar surface area (TPSA) is 66.4 Å². The molecule has 120 valence electrons. The zero-order chi connectivity index (χ0) is 17.1. The molecule has 0 fully saturated rings. The quantitative estimate of drug-likeness (QED) is 0.829. The Morgan fingerprint density at radius 1 is 1.22 bits per heavy atom. The molecule has 0 spiro atoms. The van der Waals surface area contributed by atoms with E-state index in [4.69, 9.17) is 0 Å². The number of carbonyl (C=O) groups excluding carboxylic acids is 1. The van der Waals surface area contributed by atoms with Crippen LogP contribution < -0.4 is 5.32 Å². The van der Waals surface area contributed by atoms with E-state index in [2.05, 4.69) is 21.2 Å². The lowest BCUT2D eigenvalue weighted by molar-refractivity contribution is 0.0695. The molecule has 2 N–H and O–H groups in total. The van der Waals surface area contributed by atoms with Crippen LogP contribution in [0.25, 0.3) is 0 Å². The van der Waals surface area contributed by atoms with Gasteiger partial charge in [0.25, 0.3) is 5.91 Å². The molecular formula is C16H12BrF2NO3. The number of hydrogen-bond acceptors (Lipinski definition) is 2. The van der Waals surface area contributed by atoms with E-state index in [0.717, 1.165) is 18.2 Å². The van der Waals surface area contributed by atoms with Crippen LogP contribution in [0.3, 0.4) is 0 Å². The summed E-state index contributed by atoms with van der Waals surface area (Å²) in [6.45, 7) is 1.81. The molecule has 0 saturated carbocycles. The van der Waals surface area contributed by atoms with Crippen LogP contribution in [0.2, 0.25) is 0 Å². The number of rotatable bonds is 4. The molecule has 0 saturated heterocycles. The van der Waals surface area contributed by atoms with Crippen LogP contribution in [-0.4, -0.2) is 17.0 Å². The minimum atomic E-state index is -1.18. The van der Waals surface area contributed by atoms with Crippen LogP contribution in [0, 0.1) is 11.6 Å². The predicted molar refractivity (Wildman–Crippen MR) is 84.8 cm³/mol. The summed E-state index contributed by atoms with van der Waals surface area (Å²) in [6, 6.07) is 5.87. The van der Waals surface area contributed by atoms with E-state index in [1.54, 1.807) is 6.07 Å². The highest BCUT2D eigenvalue weighted by Crippen LogP contribution is 2.27. The smallest absolute Gasteiger partial charge is 0.336 e. The molecule has 0 bridgehead atoms. The highest BCUT2D eigenvalue weighted by molar-refractivity contribution is 9.10. The van der Waals surface area contributed by atoms with Crippen molar-refractivity contribution in [2.24, 2.45) is 0 Å². The van der Waals surface area contributed by atoms with Gasteiger partial charge in [-0.3, -0.25) is 4.79 Å². The first kappa shape index (κ1) is 17.1. The maximum Gasteiger partial charge on any atom is 0.336 e. The van der Waals surface area contributed by atoms with Crippen molar-refractivity contribution in [2.45, 2.75) is 13.3 Å². The van der Waals surface area contributed by atoms with E-state index in [1.165, 1.54) is 6.07 Å². The number of anilines is 1. The van der Waals surface area contributed by atoms with Gasteiger partial charge in [-0.25, -0.2) is 13.6 Å². The molecule has 2 aromatic rings. The number of benzene rings is 2. The van der Waals surface area contributed by atoms with Crippen molar-refractivity contribution in [1.82, 2.24) is 0 Å². The van der Waals surface area contributed by atoms with Crippen LogP contribution in [0.1, 0.15) is 33.2 Å². The fourth-order valence-electron chi connectivity index (χ4n) is 2.08. The molecule has 0 aromatic heterocycles. The second-order valence-corrected chi connectivity index (χ2v) is 5.50. The van der Waals surface area contributed by atoms with Crippen LogP contribution in [0.4, 0.5) is 14.5 Å². The van der Waals surface area contributed by atoms with Gasteiger partial charge in [-0.05, 0) is 52.2 Å². The van der Waals surface area contributed by atoms with Gasteiger partial charge in [0, 0.05) is 10.2 Å². The predicted octanol–water partition coefficient (Wildman–Crippen LogP) is 4.24. The van der Waals surface area contributed by atoms with Crippen LogP contribution >= 0.6 is 15.9 Å². The lowest BCUT2D eigenvalue weighted by Crippen LogP contribution is -2.16. The molecule has 0 atom stereocenters. The molecule has 7 heteroatoms. The van der Waals surface area contributed by atoms with E-state index >= 15 is 0 Å². The first-order chi connectivity index (χ1) is 10.8. The average Bonchev–Trinajstić information content (AvgIpc) is 2.48. The molecule has 1 amide bonds. The van der Waals surface area contributed by atoms with E-state index < -0.39 is 29.1 Å². The number of aromatic carboxylic acids is 1. The Morgan fingerprint density at radius 2 is 1.83 bits per heavy atom. The van der Waals surface area contributed by atoms with Crippen LogP contribution in [-0.2, 0) is 6.42 Å². The second kappa shape index (κ2) is 6.87. The van der Waals surface area contributed by atoms with Crippen molar-refractivity contribution in [2.75, 3.05) is 5.32 Å². The molecule has 0 aliphatic rings. The summed E-state index contributed by atoms with van der Waals surface area (Å²) in [7, 11) is 0. The number of halogens is 3. The molecule has 23 heavy (non-hydrogen) atoms. The largest absolute Gasteiger partial charge is 0.478 e. The van der Waals surface area contributed by atoms with E-state index in [9.17, 15) is 23.5 Å². The molecular weight excluding hydrogens is 372 g/mol. The number of aryl methyl sites for hydroxylation is 1. The number of carbonyl (C=O) groups is 2. The molecule has 4 nitrogen and oxygen atoms in total. The normalized spacial score (nSPS) is 10.4. The maximum absolute atomic E-state index is 13.6. The van der Waals surface area contributed by atoms with E-state index in [0.29, 0.717) is 16.5 Å². The fourth-order valence-corrected chi connectivity index (χ4v) is 2.76. The van der Waals surface area contributed by atoms with Gasteiger partial charge in [0.05, 0.1) is 5.56 Å². The molecule has 2 aromatic carbocycles. The van der Waals surface area contributed by atoms with Crippen LogP contribution in [0.5, 0.6) is 0 Å². The summed E-state index contributed by atoms with van der Waals surface area (Å²) >= 11 is 3.20. The summed E-state index contributed by atoms with van der Waals surface area (Å²) < 4.78 is 27.6. The third-order valence-electron chi connectivity index (χ3n) is 3.21. The van der Waals surface area contributed by atoms with E-state index in [1.807, 2.05) is 6.92 Å².